The number of nitrogens with zero attached hydrogens (tertiary/aromatic N) is 1. The van der Waals surface area contributed by atoms with Crippen molar-refractivity contribution >= 4 is 35.6 Å². The zero-order chi connectivity index (χ0) is 25.0. The first-order valence-electron chi connectivity index (χ1n) is 10.7. The number of hydrogen-bond donors (Lipinski definition) is 4. The molecule has 5 N–H and O–H groups in total. The van der Waals surface area contributed by atoms with Crippen LogP contribution in [0.3, 0.4) is 0 Å². The highest BCUT2D eigenvalue weighted by Gasteiger charge is 2.22. The molecule has 35 heavy (non-hydrogen) atoms. The fourth-order valence-corrected chi connectivity index (χ4v) is 3.79. The van der Waals surface area contributed by atoms with Gasteiger partial charge < -0.3 is 15.4 Å². The van der Waals surface area contributed by atoms with E-state index >= 15 is 0 Å². The normalized spacial score (nSPS) is 11.4. The van der Waals surface area contributed by atoms with Gasteiger partial charge in [0.2, 0.25) is 11.8 Å². The van der Waals surface area contributed by atoms with Crippen molar-refractivity contribution in [1.29, 1.82) is 5.41 Å². The molecule has 8 nitrogen and oxygen atoms in total. The minimum atomic E-state index is -0.974. The molecule has 2 amide bonds. The summed E-state index contributed by atoms with van der Waals surface area (Å²) < 4.78 is 18.8. The van der Waals surface area contributed by atoms with Crippen LogP contribution in [0.4, 0.5) is 10.1 Å². The molecule has 1 unspecified atom stereocenters. The molecule has 0 aliphatic carbocycles. The number of amides is 2. The molecule has 0 bridgehead atoms. The molecule has 0 heterocycles. The summed E-state index contributed by atoms with van der Waals surface area (Å²) >= 11 is 1.46. The molecule has 0 aliphatic rings. The molecule has 3 aromatic rings. The molecule has 0 saturated heterocycles. The Morgan fingerprint density at radius 1 is 1.03 bits per heavy atom. The summed E-state index contributed by atoms with van der Waals surface area (Å²) in [5.74, 6) is 4.21. The highest BCUT2D eigenvalue weighted by molar-refractivity contribution is 7.99. The highest BCUT2D eigenvalue weighted by atomic mass is 32.2. The number of anilines is 1. The first-order chi connectivity index (χ1) is 16.9. The second-order valence-corrected chi connectivity index (χ2v) is 8.64. The minimum Gasteiger partial charge on any atom is -0.374 e. The van der Waals surface area contributed by atoms with E-state index in [1.165, 1.54) is 23.9 Å². The SMILES string of the molecule is N=CN(N)CC(=O)NC(COCc1ccccc1)C(=O)Nc1ccc(Sc2ccc(F)cc2)cc1. The standard InChI is InChI=1S/C25H26FN5O3S/c26-19-6-10-21(11-7-19)35-22-12-8-20(9-13-22)29-25(33)23(30-24(32)14-31(28)17-27)16-34-15-18-4-2-1-3-5-18/h1-13,17,23,27H,14-16,28H2,(H,29,33)(H,30,32). The van der Waals surface area contributed by atoms with E-state index in [0.717, 1.165) is 26.7 Å². The minimum absolute atomic E-state index is 0.0554. The Morgan fingerprint density at radius 2 is 1.66 bits per heavy atom. The van der Waals surface area contributed by atoms with E-state index in [9.17, 15) is 14.0 Å². The molecule has 0 spiro atoms. The average molecular weight is 496 g/mol. The van der Waals surface area contributed by atoms with E-state index in [1.54, 1.807) is 24.3 Å². The summed E-state index contributed by atoms with van der Waals surface area (Å²) in [6.07, 6.45) is 0.812. The van der Waals surface area contributed by atoms with Gasteiger partial charge in [-0.15, -0.1) is 0 Å². The van der Waals surface area contributed by atoms with Crippen LogP contribution in [-0.4, -0.2) is 42.4 Å². The van der Waals surface area contributed by atoms with Gasteiger partial charge in [0.15, 0.2) is 0 Å². The molecule has 0 fully saturated rings. The van der Waals surface area contributed by atoms with Crippen molar-refractivity contribution < 1.29 is 18.7 Å². The highest BCUT2D eigenvalue weighted by Crippen LogP contribution is 2.28. The van der Waals surface area contributed by atoms with Crippen molar-refractivity contribution in [2.45, 2.75) is 22.4 Å². The van der Waals surface area contributed by atoms with E-state index in [2.05, 4.69) is 10.6 Å². The molecule has 0 radical (unpaired) electrons. The van der Waals surface area contributed by atoms with Crippen molar-refractivity contribution in [3.8, 4) is 0 Å². The second-order valence-electron chi connectivity index (χ2n) is 7.49. The van der Waals surface area contributed by atoms with Gasteiger partial charge in [0.1, 0.15) is 18.4 Å². The lowest BCUT2D eigenvalue weighted by Crippen LogP contribution is -2.50. The number of benzene rings is 3. The zero-order valence-corrected chi connectivity index (χ0v) is 19.6. The maximum Gasteiger partial charge on any atom is 0.249 e. The van der Waals surface area contributed by atoms with Gasteiger partial charge in [0.05, 0.1) is 19.6 Å². The van der Waals surface area contributed by atoms with Crippen LogP contribution >= 0.6 is 11.8 Å². The van der Waals surface area contributed by atoms with Gasteiger partial charge in [-0.2, -0.15) is 0 Å². The van der Waals surface area contributed by atoms with Crippen molar-refractivity contribution in [2.75, 3.05) is 18.5 Å². The van der Waals surface area contributed by atoms with Gasteiger partial charge in [0.25, 0.3) is 0 Å². The Hall–Kier alpha value is -3.73. The summed E-state index contributed by atoms with van der Waals surface area (Å²) in [5, 5.41) is 13.4. The number of carbonyl (C=O) groups excluding carboxylic acids is 2. The van der Waals surface area contributed by atoms with E-state index in [0.29, 0.717) is 5.69 Å². The molecule has 0 saturated carbocycles. The third-order valence-corrected chi connectivity index (χ3v) is 5.73. The number of nitrogens with two attached hydrogens (primary N) is 1. The number of hydrazine groups is 1. The predicted octanol–water partition coefficient (Wildman–Crippen LogP) is 3.40. The van der Waals surface area contributed by atoms with Crippen LogP contribution in [0.25, 0.3) is 0 Å². The quantitative estimate of drug-likeness (QED) is 0.132. The molecular weight excluding hydrogens is 469 g/mol. The fourth-order valence-electron chi connectivity index (χ4n) is 2.98. The van der Waals surface area contributed by atoms with Crippen LogP contribution in [-0.2, 0) is 20.9 Å². The first kappa shape index (κ1) is 25.9. The number of ether oxygens (including phenoxy) is 1. The summed E-state index contributed by atoms with van der Waals surface area (Å²) in [4.78, 5) is 27.0. The van der Waals surface area contributed by atoms with Crippen LogP contribution in [0.5, 0.6) is 0 Å². The Balaban J connectivity index is 1.60. The molecular formula is C25H26FN5O3S. The van der Waals surface area contributed by atoms with Crippen molar-refractivity contribution in [2.24, 2.45) is 5.84 Å². The van der Waals surface area contributed by atoms with Gasteiger partial charge in [-0.05, 0) is 54.1 Å². The van der Waals surface area contributed by atoms with E-state index in [-0.39, 0.29) is 25.6 Å². The third-order valence-electron chi connectivity index (χ3n) is 4.71. The molecule has 3 rings (SSSR count). The molecule has 0 aromatic heterocycles. The van der Waals surface area contributed by atoms with Crippen LogP contribution in [0.15, 0.2) is 88.7 Å². The molecule has 0 aliphatic heterocycles. The lowest BCUT2D eigenvalue weighted by atomic mass is 10.2. The maximum absolute atomic E-state index is 13.1. The van der Waals surface area contributed by atoms with Crippen LogP contribution in [0.1, 0.15) is 5.56 Å². The molecule has 1 atom stereocenters. The third kappa shape index (κ3) is 8.85. The largest absolute Gasteiger partial charge is 0.374 e. The zero-order valence-electron chi connectivity index (χ0n) is 18.8. The topological polar surface area (TPSA) is 121 Å². The Morgan fingerprint density at radius 3 is 2.29 bits per heavy atom. The summed E-state index contributed by atoms with van der Waals surface area (Å²) in [6, 6.07) is 21.8. The lowest BCUT2D eigenvalue weighted by molar-refractivity contribution is -0.128. The van der Waals surface area contributed by atoms with Crippen LogP contribution in [0.2, 0.25) is 0 Å². The Kier molecular flexibility index (Phi) is 9.79. The van der Waals surface area contributed by atoms with Gasteiger partial charge in [-0.3, -0.25) is 20.0 Å². The fraction of sp³-hybridized carbons (Fsp3) is 0.160. The Bertz CT molecular complexity index is 1110. The van der Waals surface area contributed by atoms with Gasteiger partial charge in [0, 0.05) is 15.5 Å². The molecule has 182 valence electrons. The van der Waals surface area contributed by atoms with Gasteiger partial charge in [-0.25, -0.2) is 10.2 Å². The Labute approximate surface area is 207 Å². The molecule has 3 aromatic carbocycles. The first-order valence-corrected chi connectivity index (χ1v) is 11.5. The number of hydrogen-bond acceptors (Lipinski definition) is 6. The monoisotopic (exact) mass is 495 g/mol. The number of carbonyl (C=O) groups is 2. The summed E-state index contributed by atoms with van der Waals surface area (Å²) in [5.41, 5.74) is 1.48. The smallest absolute Gasteiger partial charge is 0.249 e. The predicted molar refractivity (Wildman–Crippen MR) is 133 cm³/mol. The van der Waals surface area contributed by atoms with Crippen molar-refractivity contribution in [1.82, 2.24) is 10.3 Å². The average Bonchev–Trinajstić information content (AvgIpc) is 2.86. The molecule has 10 heteroatoms. The van der Waals surface area contributed by atoms with Crippen LogP contribution in [0, 0.1) is 11.2 Å². The van der Waals surface area contributed by atoms with Crippen molar-refractivity contribution in [3.63, 3.8) is 0 Å². The number of nitrogens with one attached hydrogen (secondary N) is 3. The summed E-state index contributed by atoms with van der Waals surface area (Å²) in [7, 11) is 0. The van der Waals surface area contributed by atoms with Gasteiger partial charge >= 0.3 is 0 Å². The van der Waals surface area contributed by atoms with E-state index in [4.69, 9.17) is 16.0 Å². The van der Waals surface area contributed by atoms with Gasteiger partial charge in [-0.1, -0.05) is 42.1 Å². The summed E-state index contributed by atoms with van der Waals surface area (Å²) in [6.45, 7) is -0.0549. The van der Waals surface area contributed by atoms with Crippen LogP contribution < -0.4 is 16.5 Å². The number of rotatable bonds is 12. The maximum atomic E-state index is 13.1. The van der Waals surface area contributed by atoms with E-state index < -0.39 is 17.9 Å². The van der Waals surface area contributed by atoms with E-state index in [1.807, 2.05) is 42.5 Å². The lowest BCUT2D eigenvalue weighted by Gasteiger charge is -2.20. The number of halogens is 1. The van der Waals surface area contributed by atoms with Crippen molar-refractivity contribution in [3.05, 3.63) is 90.2 Å². The second kappa shape index (κ2) is 13.2.